The van der Waals surface area contributed by atoms with Crippen molar-refractivity contribution in [2.24, 2.45) is 0 Å². The lowest BCUT2D eigenvalue weighted by atomic mass is 10.0. The van der Waals surface area contributed by atoms with E-state index in [0.29, 0.717) is 12.1 Å². The maximum absolute atomic E-state index is 3.51. The first-order valence-electron chi connectivity index (χ1n) is 8.08. The van der Waals surface area contributed by atoms with E-state index >= 15 is 0 Å². The molecule has 0 aliphatic carbocycles. The number of rotatable bonds is 9. The maximum atomic E-state index is 3.51. The minimum Gasteiger partial charge on any atom is -0.314 e. The zero-order valence-electron chi connectivity index (χ0n) is 13.9. The molecule has 114 valence electrons. The van der Waals surface area contributed by atoms with E-state index in [1.807, 2.05) is 0 Å². The van der Waals surface area contributed by atoms with Gasteiger partial charge in [-0.05, 0) is 44.0 Å². The van der Waals surface area contributed by atoms with Gasteiger partial charge >= 0.3 is 0 Å². The van der Waals surface area contributed by atoms with Crippen LogP contribution in [0.2, 0.25) is 0 Å². The topological polar surface area (TPSA) is 15.3 Å². The fraction of sp³-hybridized carbons (Fsp3) is 0.667. The molecule has 1 aromatic rings. The molecule has 0 atom stereocenters. The van der Waals surface area contributed by atoms with Crippen LogP contribution in [0.25, 0.3) is 0 Å². The van der Waals surface area contributed by atoms with Gasteiger partial charge < -0.3 is 5.32 Å². The molecule has 0 aliphatic heterocycles. The van der Waals surface area contributed by atoms with Gasteiger partial charge in [0.1, 0.15) is 0 Å². The molecule has 0 bridgehead atoms. The Kier molecular flexibility index (Phi) is 7.86. The largest absolute Gasteiger partial charge is 0.314 e. The van der Waals surface area contributed by atoms with Crippen LogP contribution in [0.15, 0.2) is 24.3 Å². The third-order valence-corrected chi connectivity index (χ3v) is 4.05. The molecule has 0 fully saturated rings. The van der Waals surface area contributed by atoms with E-state index in [-0.39, 0.29) is 0 Å². The molecule has 0 spiro atoms. The lowest BCUT2D eigenvalue weighted by Gasteiger charge is -2.27. The first-order valence-corrected chi connectivity index (χ1v) is 8.08. The van der Waals surface area contributed by atoms with Crippen LogP contribution in [0, 0.1) is 0 Å². The van der Waals surface area contributed by atoms with E-state index in [4.69, 9.17) is 0 Å². The fourth-order valence-electron chi connectivity index (χ4n) is 2.76. The van der Waals surface area contributed by atoms with Crippen LogP contribution in [0.3, 0.4) is 0 Å². The summed E-state index contributed by atoms with van der Waals surface area (Å²) in [6.07, 6.45) is 3.57. The second kappa shape index (κ2) is 9.15. The van der Waals surface area contributed by atoms with Gasteiger partial charge in [0, 0.05) is 18.6 Å². The molecule has 1 N–H and O–H groups in total. The monoisotopic (exact) mass is 276 g/mol. The second-order valence-corrected chi connectivity index (χ2v) is 6.01. The summed E-state index contributed by atoms with van der Waals surface area (Å²) in [4.78, 5) is 2.49. The Morgan fingerprint density at radius 3 is 2.20 bits per heavy atom. The van der Waals surface area contributed by atoms with E-state index in [0.717, 1.165) is 19.5 Å². The standard InChI is InChI=1S/C18H32N2/c1-6-18(7-2)20(5)14-17-11-9-8-10-16(17)12-13-19-15(3)4/h8-11,15,18-19H,6-7,12-14H2,1-5H3. The molecule has 2 heteroatoms. The predicted octanol–water partition coefficient (Wildman–Crippen LogP) is 3.85. The van der Waals surface area contributed by atoms with Crippen LogP contribution in [-0.4, -0.2) is 30.6 Å². The molecule has 0 heterocycles. The molecule has 1 rings (SSSR count). The second-order valence-electron chi connectivity index (χ2n) is 6.01. The van der Waals surface area contributed by atoms with E-state index in [1.165, 1.54) is 24.0 Å². The summed E-state index contributed by atoms with van der Waals surface area (Å²) in [6, 6.07) is 10.1. The van der Waals surface area contributed by atoms with Crippen molar-refractivity contribution in [1.82, 2.24) is 10.2 Å². The van der Waals surface area contributed by atoms with Crippen molar-refractivity contribution < 1.29 is 0 Å². The highest BCUT2D eigenvalue weighted by Crippen LogP contribution is 2.15. The van der Waals surface area contributed by atoms with Gasteiger partial charge in [0.25, 0.3) is 0 Å². The van der Waals surface area contributed by atoms with Crippen LogP contribution in [-0.2, 0) is 13.0 Å². The fourth-order valence-corrected chi connectivity index (χ4v) is 2.76. The van der Waals surface area contributed by atoms with Gasteiger partial charge in [0.15, 0.2) is 0 Å². The van der Waals surface area contributed by atoms with E-state index in [1.54, 1.807) is 0 Å². The summed E-state index contributed by atoms with van der Waals surface area (Å²) >= 11 is 0. The zero-order chi connectivity index (χ0) is 15.0. The van der Waals surface area contributed by atoms with Gasteiger partial charge in [-0.1, -0.05) is 52.0 Å². The summed E-state index contributed by atoms with van der Waals surface area (Å²) < 4.78 is 0. The molecule has 0 saturated carbocycles. The van der Waals surface area contributed by atoms with Gasteiger partial charge in [-0.2, -0.15) is 0 Å². The van der Waals surface area contributed by atoms with Gasteiger partial charge in [0.2, 0.25) is 0 Å². The number of hydrogen-bond acceptors (Lipinski definition) is 2. The van der Waals surface area contributed by atoms with Gasteiger partial charge in [-0.3, -0.25) is 4.90 Å². The van der Waals surface area contributed by atoms with Crippen LogP contribution < -0.4 is 5.32 Å². The lowest BCUT2D eigenvalue weighted by molar-refractivity contribution is 0.221. The summed E-state index contributed by atoms with van der Waals surface area (Å²) in [7, 11) is 2.25. The molecular weight excluding hydrogens is 244 g/mol. The quantitative estimate of drug-likeness (QED) is 0.737. The Hall–Kier alpha value is -0.860. The van der Waals surface area contributed by atoms with Crippen LogP contribution in [0.1, 0.15) is 51.7 Å². The maximum Gasteiger partial charge on any atom is 0.0236 e. The van der Waals surface area contributed by atoms with Crippen molar-refractivity contribution in [2.75, 3.05) is 13.6 Å². The Morgan fingerprint density at radius 2 is 1.65 bits per heavy atom. The lowest BCUT2D eigenvalue weighted by Crippen LogP contribution is -2.30. The molecule has 0 saturated heterocycles. The molecule has 20 heavy (non-hydrogen) atoms. The highest BCUT2D eigenvalue weighted by Gasteiger charge is 2.12. The number of benzene rings is 1. The molecule has 0 unspecified atom stereocenters. The number of nitrogens with one attached hydrogen (secondary N) is 1. The minimum absolute atomic E-state index is 0.564. The van der Waals surface area contributed by atoms with Crippen LogP contribution >= 0.6 is 0 Å². The molecule has 0 amide bonds. The summed E-state index contributed by atoms with van der Waals surface area (Å²) in [5.41, 5.74) is 2.96. The van der Waals surface area contributed by atoms with Crippen LogP contribution in [0.5, 0.6) is 0 Å². The third kappa shape index (κ3) is 5.64. The molecule has 0 aromatic heterocycles. The molecule has 0 radical (unpaired) electrons. The molecule has 0 aliphatic rings. The van der Waals surface area contributed by atoms with Crippen LogP contribution in [0.4, 0.5) is 0 Å². The normalized spacial score (nSPS) is 11.8. The number of nitrogens with zero attached hydrogens (tertiary/aromatic N) is 1. The average Bonchev–Trinajstić information content (AvgIpc) is 2.41. The summed E-state index contributed by atoms with van der Waals surface area (Å²) in [6.45, 7) is 11.1. The van der Waals surface area contributed by atoms with Crippen molar-refractivity contribution in [3.8, 4) is 0 Å². The first-order chi connectivity index (χ1) is 9.58. The highest BCUT2D eigenvalue weighted by molar-refractivity contribution is 5.27. The Morgan fingerprint density at radius 1 is 1.05 bits per heavy atom. The van der Waals surface area contributed by atoms with Crippen molar-refractivity contribution in [3.05, 3.63) is 35.4 Å². The zero-order valence-corrected chi connectivity index (χ0v) is 13.9. The van der Waals surface area contributed by atoms with E-state index in [2.05, 4.69) is 69.2 Å². The molecule has 1 aromatic carbocycles. The summed E-state index contributed by atoms with van der Waals surface area (Å²) in [5, 5.41) is 3.51. The van der Waals surface area contributed by atoms with Crippen molar-refractivity contribution in [3.63, 3.8) is 0 Å². The SMILES string of the molecule is CCC(CC)N(C)Cc1ccccc1CCNC(C)C. The van der Waals surface area contributed by atoms with E-state index < -0.39 is 0 Å². The number of hydrogen-bond donors (Lipinski definition) is 1. The Bertz CT molecular complexity index is 369. The van der Waals surface area contributed by atoms with Gasteiger partial charge in [-0.25, -0.2) is 0 Å². The van der Waals surface area contributed by atoms with E-state index in [9.17, 15) is 0 Å². The van der Waals surface area contributed by atoms with Crippen molar-refractivity contribution in [1.29, 1.82) is 0 Å². The smallest absolute Gasteiger partial charge is 0.0236 e. The molecule has 2 nitrogen and oxygen atoms in total. The summed E-state index contributed by atoms with van der Waals surface area (Å²) in [5.74, 6) is 0. The average molecular weight is 276 g/mol. The minimum atomic E-state index is 0.564. The third-order valence-electron chi connectivity index (χ3n) is 4.05. The van der Waals surface area contributed by atoms with Gasteiger partial charge in [-0.15, -0.1) is 0 Å². The Balaban J connectivity index is 2.65. The predicted molar refractivity (Wildman–Crippen MR) is 89.1 cm³/mol. The van der Waals surface area contributed by atoms with Crippen molar-refractivity contribution in [2.45, 2.75) is 65.6 Å². The molecular formula is C18H32N2. The first kappa shape index (κ1) is 17.2. The van der Waals surface area contributed by atoms with Crippen molar-refractivity contribution >= 4 is 0 Å². The Labute approximate surface area is 125 Å². The van der Waals surface area contributed by atoms with Gasteiger partial charge in [0.05, 0.1) is 0 Å². The highest BCUT2D eigenvalue weighted by atomic mass is 15.1.